The molecule has 0 saturated heterocycles. The van der Waals surface area contributed by atoms with Crippen LogP contribution >= 0.6 is 0 Å². The van der Waals surface area contributed by atoms with Gasteiger partial charge in [0.15, 0.2) is 5.43 Å². The Morgan fingerprint density at radius 3 is 2.60 bits per heavy atom. The van der Waals surface area contributed by atoms with Gasteiger partial charge in [-0.1, -0.05) is 0 Å². The highest BCUT2D eigenvalue weighted by molar-refractivity contribution is 5.80. The fourth-order valence-corrected chi connectivity index (χ4v) is 1.45. The number of nitrogens with one attached hydrogen (secondary N) is 1. The summed E-state index contributed by atoms with van der Waals surface area (Å²) in [4.78, 5) is 14.2. The Morgan fingerprint density at radius 1 is 1.27 bits per heavy atom. The molecule has 1 aromatic heterocycles. The third-order valence-corrected chi connectivity index (χ3v) is 2.23. The molecule has 5 heteroatoms. The lowest BCUT2D eigenvalue weighted by molar-refractivity contribution is 0.614. The fraction of sp³-hybridized carbons (Fsp3) is 0.100. The largest absolute Gasteiger partial charge is 0.358 e. The minimum atomic E-state index is -0.747. The van der Waals surface area contributed by atoms with Gasteiger partial charge in [-0.3, -0.25) is 4.79 Å². The number of benzene rings is 1. The molecule has 3 N–H and O–H groups in total. The Balaban J connectivity index is 2.99. The summed E-state index contributed by atoms with van der Waals surface area (Å²) in [7, 11) is 0. The van der Waals surface area contributed by atoms with Crippen LogP contribution in [-0.4, -0.2) is 4.98 Å². The van der Waals surface area contributed by atoms with E-state index in [0.29, 0.717) is 0 Å². The van der Waals surface area contributed by atoms with Gasteiger partial charge in [-0.2, -0.15) is 0 Å². The number of fused-ring (bicyclic) bond motifs is 1. The first kappa shape index (κ1) is 9.79. The van der Waals surface area contributed by atoms with Crippen LogP contribution in [0, 0.1) is 11.6 Å². The van der Waals surface area contributed by atoms with Gasteiger partial charge in [0.25, 0.3) is 0 Å². The van der Waals surface area contributed by atoms with Crippen LogP contribution in [0.4, 0.5) is 8.78 Å². The van der Waals surface area contributed by atoms with E-state index in [2.05, 4.69) is 4.98 Å². The maximum absolute atomic E-state index is 13.3. The van der Waals surface area contributed by atoms with Crippen LogP contribution in [0.5, 0.6) is 0 Å². The highest BCUT2D eigenvalue weighted by atomic mass is 19.1. The van der Waals surface area contributed by atoms with Gasteiger partial charge in [0, 0.05) is 18.3 Å². The molecule has 0 bridgehead atoms. The monoisotopic (exact) mass is 210 g/mol. The van der Waals surface area contributed by atoms with E-state index < -0.39 is 17.1 Å². The number of nitrogens with two attached hydrogens (primary N) is 1. The molecule has 0 aliphatic heterocycles. The van der Waals surface area contributed by atoms with E-state index >= 15 is 0 Å². The molecule has 0 radical (unpaired) electrons. The van der Waals surface area contributed by atoms with Gasteiger partial charge in [0.1, 0.15) is 11.6 Å². The van der Waals surface area contributed by atoms with Crippen molar-refractivity contribution in [2.45, 2.75) is 6.54 Å². The fourth-order valence-electron chi connectivity index (χ4n) is 1.45. The van der Waals surface area contributed by atoms with Crippen LogP contribution in [0.2, 0.25) is 0 Å². The minimum Gasteiger partial charge on any atom is -0.358 e. The molecular weight excluding hydrogens is 202 g/mol. The van der Waals surface area contributed by atoms with E-state index in [-0.39, 0.29) is 23.0 Å². The average molecular weight is 210 g/mol. The molecule has 2 aromatic rings. The minimum absolute atomic E-state index is 0.0127. The third kappa shape index (κ3) is 1.41. The summed E-state index contributed by atoms with van der Waals surface area (Å²) in [5.41, 5.74) is 4.83. The second kappa shape index (κ2) is 3.43. The molecule has 0 amide bonds. The summed E-state index contributed by atoms with van der Waals surface area (Å²) >= 11 is 0. The number of hydrogen-bond donors (Lipinski definition) is 2. The van der Waals surface area contributed by atoms with Crippen molar-refractivity contribution in [2.75, 3.05) is 0 Å². The van der Waals surface area contributed by atoms with Crippen molar-refractivity contribution in [2.24, 2.45) is 5.73 Å². The first-order chi connectivity index (χ1) is 7.15. The zero-order chi connectivity index (χ0) is 11.0. The van der Waals surface area contributed by atoms with Crippen LogP contribution < -0.4 is 11.2 Å². The number of halogens is 2. The SMILES string of the molecule is NCc1c[nH]c2c(F)ccc(F)c2c1=O. The average Bonchev–Trinajstić information content (AvgIpc) is 2.23. The zero-order valence-electron chi connectivity index (χ0n) is 7.68. The van der Waals surface area contributed by atoms with Crippen molar-refractivity contribution in [3.8, 4) is 0 Å². The van der Waals surface area contributed by atoms with Crippen LogP contribution in [0.3, 0.4) is 0 Å². The van der Waals surface area contributed by atoms with Crippen LogP contribution in [0.15, 0.2) is 23.1 Å². The van der Waals surface area contributed by atoms with Crippen molar-refractivity contribution in [1.82, 2.24) is 4.98 Å². The predicted octanol–water partition coefficient (Wildman–Crippen LogP) is 1.26. The zero-order valence-corrected chi connectivity index (χ0v) is 7.68. The molecule has 1 aromatic carbocycles. The summed E-state index contributed by atoms with van der Waals surface area (Å²) in [6, 6.07) is 1.89. The van der Waals surface area contributed by atoms with E-state index in [1.54, 1.807) is 0 Å². The van der Waals surface area contributed by atoms with Crippen molar-refractivity contribution < 1.29 is 8.78 Å². The summed E-state index contributed by atoms with van der Waals surface area (Å²) in [6.07, 6.45) is 1.30. The van der Waals surface area contributed by atoms with E-state index in [0.717, 1.165) is 12.1 Å². The van der Waals surface area contributed by atoms with Gasteiger partial charge >= 0.3 is 0 Å². The molecule has 78 valence electrons. The lowest BCUT2D eigenvalue weighted by Gasteiger charge is -2.02. The van der Waals surface area contributed by atoms with Gasteiger partial charge < -0.3 is 10.7 Å². The highest BCUT2D eigenvalue weighted by Gasteiger charge is 2.11. The maximum Gasteiger partial charge on any atom is 0.196 e. The maximum atomic E-state index is 13.3. The molecule has 1 heterocycles. The van der Waals surface area contributed by atoms with Crippen LogP contribution in [0.1, 0.15) is 5.56 Å². The van der Waals surface area contributed by atoms with Gasteiger partial charge in [-0.25, -0.2) is 8.78 Å². The molecule has 0 unspecified atom stereocenters. The first-order valence-corrected chi connectivity index (χ1v) is 4.33. The quantitative estimate of drug-likeness (QED) is 0.744. The smallest absolute Gasteiger partial charge is 0.196 e. The second-order valence-corrected chi connectivity index (χ2v) is 3.13. The summed E-state index contributed by atoms with van der Waals surface area (Å²) in [6.45, 7) is -0.0127. The second-order valence-electron chi connectivity index (χ2n) is 3.13. The molecule has 0 saturated carbocycles. The number of pyridine rings is 1. The summed E-state index contributed by atoms with van der Waals surface area (Å²) in [5, 5.41) is -0.280. The molecule has 0 aliphatic carbocycles. The first-order valence-electron chi connectivity index (χ1n) is 4.33. The van der Waals surface area contributed by atoms with Gasteiger partial charge in [0.2, 0.25) is 0 Å². The Kier molecular flexibility index (Phi) is 2.24. The van der Waals surface area contributed by atoms with Gasteiger partial charge in [-0.05, 0) is 12.1 Å². The molecule has 0 spiro atoms. The lowest BCUT2D eigenvalue weighted by Crippen LogP contribution is -2.15. The molecule has 2 rings (SSSR count). The van der Waals surface area contributed by atoms with Crippen LogP contribution in [0.25, 0.3) is 10.9 Å². The van der Waals surface area contributed by atoms with Crippen molar-refractivity contribution in [1.29, 1.82) is 0 Å². The Morgan fingerprint density at radius 2 is 1.93 bits per heavy atom. The summed E-state index contributed by atoms with van der Waals surface area (Å²) in [5.74, 6) is -1.41. The Hall–Kier alpha value is -1.75. The predicted molar refractivity (Wildman–Crippen MR) is 52.4 cm³/mol. The molecule has 0 aliphatic rings. The number of hydrogen-bond acceptors (Lipinski definition) is 2. The number of rotatable bonds is 1. The van der Waals surface area contributed by atoms with Gasteiger partial charge in [-0.15, -0.1) is 0 Å². The third-order valence-electron chi connectivity index (χ3n) is 2.23. The van der Waals surface area contributed by atoms with E-state index in [1.165, 1.54) is 6.20 Å². The highest BCUT2D eigenvalue weighted by Crippen LogP contribution is 2.15. The Bertz CT molecular complexity index is 577. The van der Waals surface area contributed by atoms with E-state index in [4.69, 9.17) is 5.73 Å². The molecule has 3 nitrogen and oxygen atoms in total. The summed E-state index contributed by atoms with van der Waals surface area (Å²) < 4.78 is 26.5. The van der Waals surface area contributed by atoms with E-state index in [9.17, 15) is 13.6 Å². The molecule has 0 fully saturated rings. The normalized spacial score (nSPS) is 10.9. The molecule has 15 heavy (non-hydrogen) atoms. The van der Waals surface area contributed by atoms with Crippen molar-refractivity contribution in [3.05, 3.63) is 45.8 Å². The Labute approximate surface area is 83.5 Å². The van der Waals surface area contributed by atoms with Crippen LogP contribution in [-0.2, 0) is 6.54 Å². The topological polar surface area (TPSA) is 58.9 Å². The number of aromatic amines is 1. The standard InChI is InChI=1S/C10H8F2N2O/c11-6-1-2-7(12)9-8(6)10(15)5(3-13)4-14-9/h1-2,4H,3,13H2,(H,14,15). The molecular formula is C10H8F2N2O. The van der Waals surface area contributed by atoms with Crippen molar-refractivity contribution in [3.63, 3.8) is 0 Å². The van der Waals surface area contributed by atoms with Gasteiger partial charge in [0.05, 0.1) is 10.9 Å². The van der Waals surface area contributed by atoms with Crippen molar-refractivity contribution >= 4 is 10.9 Å². The lowest BCUT2D eigenvalue weighted by atomic mass is 10.1. The van der Waals surface area contributed by atoms with E-state index in [1.807, 2.05) is 0 Å². The number of aromatic nitrogens is 1. The number of H-pyrrole nitrogens is 1. The molecule has 0 atom stereocenters.